The van der Waals surface area contributed by atoms with Crippen LogP contribution in [0.3, 0.4) is 0 Å². The number of hydrogen-bond donors (Lipinski definition) is 2. The summed E-state index contributed by atoms with van der Waals surface area (Å²) in [6.07, 6.45) is 2.68. The number of rotatable bonds is 6. The van der Waals surface area contributed by atoms with Crippen LogP contribution in [0, 0.1) is 0 Å². The Labute approximate surface area is 99.3 Å². The van der Waals surface area contributed by atoms with Gasteiger partial charge in [0.15, 0.2) is 0 Å². The summed E-state index contributed by atoms with van der Waals surface area (Å²) < 4.78 is 10.9. The predicted octanol–water partition coefficient (Wildman–Crippen LogP) is 1.81. The first-order valence-corrected chi connectivity index (χ1v) is 7.18. The van der Waals surface area contributed by atoms with Crippen molar-refractivity contribution < 1.29 is 9.32 Å². The number of phenols is 1. The summed E-state index contributed by atoms with van der Waals surface area (Å²) >= 11 is 0. The molecule has 0 aliphatic rings. The van der Waals surface area contributed by atoms with E-state index in [1.54, 1.807) is 18.4 Å². The van der Waals surface area contributed by atoms with Gasteiger partial charge in [-0.1, -0.05) is 19.1 Å². The highest BCUT2D eigenvalue weighted by molar-refractivity contribution is 7.84. The van der Waals surface area contributed by atoms with Crippen LogP contribution in [0.1, 0.15) is 24.9 Å². The maximum absolute atomic E-state index is 10.9. The Bertz CT molecular complexity index is 337. The number of hydrogen-bond acceptors (Lipinski definition) is 3. The molecule has 0 heterocycles. The number of phenolic OH excluding ortho intramolecular Hbond substituents is 1. The molecule has 2 atom stereocenters. The molecule has 2 unspecified atom stereocenters. The van der Waals surface area contributed by atoms with Gasteiger partial charge in [-0.3, -0.25) is 4.21 Å². The molecule has 1 rings (SSSR count). The molecule has 0 fully saturated rings. The summed E-state index contributed by atoms with van der Waals surface area (Å²) in [6, 6.07) is 7.48. The van der Waals surface area contributed by atoms with E-state index in [9.17, 15) is 9.32 Å². The molecule has 0 saturated heterocycles. The molecule has 2 N–H and O–H groups in total. The third kappa shape index (κ3) is 4.33. The molecule has 0 aliphatic heterocycles. The minimum absolute atomic E-state index is 0.268. The summed E-state index contributed by atoms with van der Waals surface area (Å²) in [5.41, 5.74) is 1.15. The van der Waals surface area contributed by atoms with Crippen molar-refractivity contribution >= 4 is 10.8 Å². The molecule has 1 aromatic carbocycles. The molecule has 0 aromatic heterocycles. The van der Waals surface area contributed by atoms with E-state index in [4.69, 9.17) is 0 Å². The van der Waals surface area contributed by atoms with E-state index in [0.717, 1.165) is 18.5 Å². The van der Waals surface area contributed by atoms with Crippen molar-refractivity contribution in [1.82, 2.24) is 5.32 Å². The van der Waals surface area contributed by atoms with Gasteiger partial charge < -0.3 is 10.4 Å². The van der Waals surface area contributed by atoms with Crippen LogP contribution in [0.4, 0.5) is 0 Å². The van der Waals surface area contributed by atoms with Gasteiger partial charge in [-0.15, -0.1) is 0 Å². The fourth-order valence-corrected chi connectivity index (χ4v) is 1.99. The lowest BCUT2D eigenvalue weighted by atomic mass is 10.0. The van der Waals surface area contributed by atoms with E-state index in [1.807, 2.05) is 12.1 Å². The second kappa shape index (κ2) is 6.66. The topological polar surface area (TPSA) is 49.3 Å². The van der Waals surface area contributed by atoms with Gasteiger partial charge in [0.1, 0.15) is 5.75 Å². The first-order chi connectivity index (χ1) is 7.63. The lowest BCUT2D eigenvalue weighted by molar-refractivity contribution is 0.473. The zero-order valence-electron chi connectivity index (χ0n) is 9.77. The van der Waals surface area contributed by atoms with E-state index < -0.39 is 10.8 Å². The van der Waals surface area contributed by atoms with Crippen molar-refractivity contribution in [1.29, 1.82) is 0 Å². The van der Waals surface area contributed by atoms with E-state index in [2.05, 4.69) is 12.2 Å². The first kappa shape index (κ1) is 13.2. The Morgan fingerprint density at radius 3 is 2.50 bits per heavy atom. The van der Waals surface area contributed by atoms with Crippen LogP contribution >= 0.6 is 0 Å². The highest BCUT2D eigenvalue weighted by Gasteiger charge is 2.08. The van der Waals surface area contributed by atoms with E-state index >= 15 is 0 Å². The van der Waals surface area contributed by atoms with Crippen molar-refractivity contribution in [2.45, 2.75) is 19.4 Å². The third-order valence-corrected chi connectivity index (χ3v) is 3.26. The van der Waals surface area contributed by atoms with Crippen molar-refractivity contribution in [2.24, 2.45) is 0 Å². The Hall–Kier alpha value is -0.870. The summed E-state index contributed by atoms with van der Waals surface area (Å²) in [5.74, 6) is 0.961. The number of nitrogens with one attached hydrogen (secondary N) is 1. The van der Waals surface area contributed by atoms with Gasteiger partial charge in [0.05, 0.1) is 0 Å². The Morgan fingerprint density at radius 1 is 1.38 bits per heavy atom. The maximum Gasteiger partial charge on any atom is 0.115 e. The van der Waals surface area contributed by atoms with Crippen molar-refractivity contribution in [3.63, 3.8) is 0 Å². The van der Waals surface area contributed by atoms with Gasteiger partial charge in [-0.05, 0) is 24.1 Å². The van der Waals surface area contributed by atoms with E-state index in [-0.39, 0.29) is 11.8 Å². The summed E-state index contributed by atoms with van der Waals surface area (Å²) in [6.45, 7) is 2.86. The minimum atomic E-state index is -0.747. The minimum Gasteiger partial charge on any atom is -0.508 e. The first-order valence-electron chi connectivity index (χ1n) is 5.45. The van der Waals surface area contributed by atoms with Crippen LogP contribution in [0.5, 0.6) is 5.75 Å². The molecule has 0 aliphatic carbocycles. The fourth-order valence-electron chi connectivity index (χ4n) is 1.58. The third-order valence-electron chi connectivity index (χ3n) is 2.48. The van der Waals surface area contributed by atoms with Gasteiger partial charge in [-0.2, -0.15) is 0 Å². The Morgan fingerprint density at radius 2 is 2.00 bits per heavy atom. The maximum atomic E-state index is 10.9. The smallest absolute Gasteiger partial charge is 0.115 e. The largest absolute Gasteiger partial charge is 0.508 e. The van der Waals surface area contributed by atoms with E-state index in [1.165, 1.54) is 0 Å². The molecule has 0 bridgehead atoms. The van der Waals surface area contributed by atoms with Crippen LogP contribution in [-0.2, 0) is 10.8 Å². The summed E-state index contributed by atoms with van der Waals surface area (Å²) in [7, 11) is -0.747. The van der Waals surface area contributed by atoms with Crippen LogP contribution in [-0.4, -0.2) is 27.9 Å². The van der Waals surface area contributed by atoms with Gasteiger partial charge >= 0.3 is 0 Å². The average molecular weight is 241 g/mol. The molecule has 0 amide bonds. The van der Waals surface area contributed by atoms with Crippen LogP contribution in [0.25, 0.3) is 0 Å². The molecule has 0 radical (unpaired) electrons. The molecule has 0 spiro atoms. The zero-order valence-corrected chi connectivity index (χ0v) is 10.6. The van der Waals surface area contributed by atoms with Crippen LogP contribution < -0.4 is 5.32 Å². The molecule has 4 heteroatoms. The summed E-state index contributed by atoms with van der Waals surface area (Å²) in [4.78, 5) is 0. The van der Waals surface area contributed by atoms with E-state index in [0.29, 0.717) is 5.75 Å². The average Bonchev–Trinajstić information content (AvgIpc) is 2.26. The molecule has 0 saturated carbocycles. The Kier molecular flexibility index (Phi) is 5.49. The predicted molar refractivity (Wildman–Crippen MR) is 68.1 cm³/mol. The molecular formula is C12H19NO2S. The van der Waals surface area contributed by atoms with Crippen molar-refractivity contribution in [3.05, 3.63) is 29.8 Å². The standard InChI is InChI=1S/C12H19NO2S/c1-3-12(13-8-9-16(2)15)10-4-6-11(14)7-5-10/h4-7,12-14H,3,8-9H2,1-2H3. The van der Waals surface area contributed by atoms with Crippen LogP contribution in [0.15, 0.2) is 24.3 Å². The molecule has 3 nitrogen and oxygen atoms in total. The van der Waals surface area contributed by atoms with Gasteiger partial charge in [0.25, 0.3) is 0 Å². The second-order valence-corrected chi connectivity index (χ2v) is 5.34. The second-order valence-electron chi connectivity index (χ2n) is 3.78. The van der Waals surface area contributed by atoms with Gasteiger partial charge in [0, 0.05) is 35.4 Å². The number of aromatic hydroxyl groups is 1. The lowest BCUT2D eigenvalue weighted by Gasteiger charge is -2.17. The zero-order chi connectivity index (χ0) is 12.0. The normalized spacial score (nSPS) is 14.6. The summed E-state index contributed by atoms with van der Waals surface area (Å²) in [5, 5.41) is 12.6. The molecule has 1 aromatic rings. The van der Waals surface area contributed by atoms with Gasteiger partial charge in [-0.25, -0.2) is 0 Å². The molecular weight excluding hydrogens is 222 g/mol. The molecule has 90 valence electrons. The molecule has 16 heavy (non-hydrogen) atoms. The van der Waals surface area contributed by atoms with Crippen molar-refractivity contribution in [3.8, 4) is 5.75 Å². The SMILES string of the molecule is CCC(NCCS(C)=O)c1ccc(O)cc1. The Balaban J connectivity index is 2.53. The number of benzene rings is 1. The van der Waals surface area contributed by atoms with Crippen molar-refractivity contribution in [2.75, 3.05) is 18.6 Å². The fraction of sp³-hybridized carbons (Fsp3) is 0.500. The highest BCUT2D eigenvalue weighted by atomic mass is 32.2. The van der Waals surface area contributed by atoms with Gasteiger partial charge in [0.2, 0.25) is 0 Å². The lowest BCUT2D eigenvalue weighted by Crippen LogP contribution is -2.25. The highest BCUT2D eigenvalue weighted by Crippen LogP contribution is 2.19. The van der Waals surface area contributed by atoms with Crippen LogP contribution in [0.2, 0.25) is 0 Å². The monoisotopic (exact) mass is 241 g/mol. The quantitative estimate of drug-likeness (QED) is 0.798.